The van der Waals surface area contributed by atoms with E-state index in [1.807, 2.05) is 35.0 Å². The second kappa shape index (κ2) is 9.34. The molecular formula is C22H20N2O4S2. The summed E-state index contributed by atoms with van der Waals surface area (Å²) in [5.74, 6) is -0.883. The van der Waals surface area contributed by atoms with Crippen LogP contribution in [-0.4, -0.2) is 36.3 Å². The fraction of sp³-hybridized carbons (Fsp3) is 0.227. The van der Waals surface area contributed by atoms with E-state index >= 15 is 0 Å². The van der Waals surface area contributed by atoms with Crippen LogP contribution < -0.4 is 0 Å². The summed E-state index contributed by atoms with van der Waals surface area (Å²) in [4.78, 5) is 27.3. The zero-order chi connectivity index (χ0) is 20.9. The van der Waals surface area contributed by atoms with Crippen LogP contribution in [0.1, 0.15) is 38.1 Å². The van der Waals surface area contributed by atoms with E-state index in [4.69, 9.17) is 9.47 Å². The van der Waals surface area contributed by atoms with Crippen molar-refractivity contribution in [3.63, 3.8) is 0 Å². The number of hydrogen-bond acceptors (Lipinski definition) is 7. The molecule has 4 rings (SSSR count). The molecule has 0 radical (unpaired) electrons. The molecule has 8 heteroatoms. The minimum absolute atomic E-state index is 0.179. The summed E-state index contributed by atoms with van der Waals surface area (Å²) in [6, 6.07) is 14.7. The Labute approximate surface area is 182 Å². The van der Waals surface area contributed by atoms with E-state index in [0.29, 0.717) is 18.6 Å². The molecule has 3 heterocycles. The van der Waals surface area contributed by atoms with E-state index in [2.05, 4.69) is 5.10 Å². The number of carbonyl (C=O) groups is 2. The van der Waals surface area contributed by atoms with Crippen molar-refractivity contribution in [1.29, 1.82) is 0 Å². The molecule has 0 fully saturated rings. The van der Waals surface area contributed by atoms with Crippen molar-refractivity contribution in [3.05, 3.63) is 80.2 Å². The standard InChI is InChI=1S/C22H20N2O4S2/c1-27-13-15-6-8-16(9-7-15)22(26)28-14-21(25)24-18(20-5-3-11-30-20)12-17(23-24)19-4-2-10-29-19/h2-11,18H,12-14H2,1H3. The van der Waals surface area contributed by atoms with Crippen molar-refractivity contribution in [2.75, 3.05) is 13.7 Å². The Balaban J connectivity index is 1.44. The predicted molar refractivity (Wildman–Crippen MR) is 117 cm³/mol. The molecule has 0 spiro atoms. The fourth-order valence-electron chi connectivity index (χ4n) is 3.21. The highest BCUT2D eigenvalue weighted by Gasteiger charge is 2.34. The molecule has 1 atom stereocenters. The average Bonchev–Trinajstić information content (AvgIpc) is 3.53. The predicted octanol–water partition coefficient (Wildman–Crippen LogP) is 4.49. The van der Waals surface area contributed by atoms with Crippen molar-refractivity contribution in [3.8, 4) is 0 Å². The van der Waals surface area contributed by atoms with Gasteiger partial charge in [0.1, 0.15) is 0 Å². The summed E-state index contributed by atoms with van der Waals surface area (Å²) in [7, 11) is 1.61. The molecule has 30 heavy (non-hydrogen) atoms. The highest BCUT2D eigenvalue weighted by atomic mass is 32.1. The lowest BCUT2D eigenvalue weighted by Gasteiger charge is -2.20. The Morgan fingerprint density at radius 1 is 1.10 bits per heavy atom. The van der Waals surface area contributed by atoms with Crippen LogP contribution in [-0.2, 0) is 20.9 Å². The lowest BCUT2D eigenvalue weighted by molar-refractivity contribution is -0.136. The third kappa shape index (κ3) is 4.51. The molecule has 154 valence electrons. The number of benzene rings is 1. The van der Waals surface area contributed by atoms with Crippen LogP contribution in [0.3, 0.4) is 0 Å². The molecule has 0 saturated heterocycles. The van der Waals surface area contributed by atoms with E-state index in [0.717, 1.165) is 21.0 Å². The zero-order valence-corrected chi connectivity index (χ0v) is 17.9. The van der Waals surface area contributed by atoms with E-state index < -0.39 is 5.97 Å². The van der Waals surface area contributed by atoms with E-state index in [1.165, 1.54) is 5.01 Å². The maximum atomic E-state index is 12.9. The molecule has 1 aromatic carbocycles. The Kier molecular flexibility index (Phi) is 6.37. The van der Waals surface area contributed by atoms with Gasteiger partial charge in [0.05, 0.1) is 28.8 Å². The van der Waals surface area contributed by atoms with Gasteiger partial charge in [0.2, 0.25) is 0 Å². The third-order valence-electron chi connectivity index (χ3n) is 4.67. The lowest BCUT2D eigenvalue weighted by atomic mass is 10.1. The molecular weight excluding hydrogens is 420 g/mol. The fourth-order valence-corrected chi connectivity index (χ4v) is 4.75. The molecule has 0 saturated carbocycles. The SMILES string of the molecule is COCc1ccc(C(=O)OCC(=O)N2N=C(c3cccs3)CC2c2cccs2)cc1. The number of amides is 1. The van der Waals surface area contributed by atoms with Crippen molar-refractivity contribution in [2.45, 2.75) is 19.1 Å². The summed E-state index contributed by atoms with van der Waals surface area (Å²) >= 11 is 3.18. The largest absolute Gasteiger partial charge is 0.452 e. The quantitative estimate of drug-likeness (QED) is 0.508. The summed E-state index contributed by atoms with van der Waals surface area (Å²) in [5.41, 5.74) is 2.22. The number of hydrazone groups is 1. The first-order chi connectivity index (χ1) is 14.7. The van der Waals surface area contributed by atoms with Crippen LogP contribution in [0.25, 0.3) is 0 Å². The second-order valence-corrected chi connectivity index (χ2v) is 8.63. The van der Waals surface area contributed by atoms with Crippen LogP contribution in [0.5, 0.6) is 0 Å². The van der Waals surface area contributed by atoms with Gasteiger partial charge >= 0.3 is 5.97 Å². The Morgan fingerprint density at radius 3 is 2.53 bits per heavy atom. The minimum atomic E-state index is -0.540. The molecule has 1 aliphatic heterocycles. The lowest BCUT2D eigenvalue weighted by Crippen LogP contribution is -2.31. The Bertz CT molecular complexity index is 1030. The van der Waals surface area contributed by atoms with Gasteiger partial charge in [-0.1, -0.05) is 24.3 Å². The summed E-state index contributed by atoms with van der Waals surface area (Å²) in [6.45, 7) is 0.110. The van der Waals surface area contributed by atoms with Gasteiger partial charge in [-0.2, -0.15) is 5.10 Å². The van der Waals surface area contributed by atoms with Gasteiger partial charge in [-0.15, -0.1) is 22.7 Å². The summed E-state index contributed by atoms with van der Waals surface area (Å²) in [5, 5.41) is 9.99. The maximum absolute atomic E-state index is 12.9. The van der Waals surface area contributed by atoms with Gasteiger partial charge < -0.3 is 9.47 Å². The Morgan fingerprint density at radius 2 is 1.87 bits per heavy atom. The summed E-state index contributed by atoms with van der Waals surface area (Å²) < 4.78 is 10.3. The number of ether oxygens (including phenoxy) is 2. The van der Waals surface area contributed by atoms with Crippen molar-refractivity contribution < 1.29 is 19.1 Å². The number of rotatable bonds is 7. The monoisotopic (exact) mass is 440 g/mol. The Hall–Kier alpha value is -2.81. The maximum Gasteiger partial charge on any atom is 0.338 e. The molecule has 1 amide bonds. The number of thiophene rings is 2. The molecule has 0 bridgehead atoms. The number of nitrogens with zero attached hydrogens (tertiary/aromatic N) is 2. The van der Waals surface area contributed by atoms with E-state index in [1.54, 1.807) is 54.0 Å². The van der Waals surface area contributed by atoms with Gasteiger partial charge in [0.15, 0.2) is 6.61 Å². The highest BCUT2D eigenvalue weighted by molar-refractivity contribution is 7.12. The van der Waals surface area contributed by atoms with Gasteiger partial charge in [0.25, 0.3) is 5.91 Å². The molecule has 0 aliphatic carbocycles. The first-order valence-electron chi connectivity index (χ1n) is 9.37. The van der Waals surface area contributed by atoms with E-state index in [-0.39, 0.29) is 18.6 Å². The molecule has 1 aliphatic rings. The van der Waals surface area contributed by atoms with Crippen molar-refractivity contribution in [1.82, 2.24) is 5.01 Å². The van der Waals surface area contributed by atoms with Gasteiger partial charge in [-0.3, -0.25) is 4.79 Å². The minimum Gasteiger partial charge on any atom is -0.452 e. The van der Waals surface area contributed by atoms with Crippen LogP contribution >= 0.6 is 22.7 Å². The average molecular weight is 441 g/mol. The van der Waals surface area contributed by atoms with Crippen LogP contribution in [0, 0.1) is 0 Å². The molecule has 3 aromatic rings. The third-order valence-corrected chi connectivity index (χ3v) is 6.56. The first kappa shape index (κ1) is 20.5. The normalized spacial score (nSPS) is 15.8. The van der Waals surface area contributed by atoms with Gasteiger partial charge in [-0.05, 0) is 40.6 Å². The molecule has 6 nitrogen and oxygen atoms in total. The van der Waals surface area contributed by atoms with Crippen molar-refractivity contribution in [2.24, 2.45) is 5.10 Å². The topological polar surface area (TPSA) is 68.2 Å². The highest BCUT2D eigenvalue weighted by Crippen LogP contribution is 2.35. The van der Waals surface area contributed by atoms with Crippen LogP contribution in [0.4, 0.5) is 0 Å². The number of carbonyl (C=O) groups excluding carboxylic acids is 2. The van der Waals surface area contributed by atoms with Gasteiger partial charge in [0, 0.05) is 18.4 Å². The summed E-state index contributed by atoms with van der Waals surface area (Å²) in [6.07, 6.45) is 0.641. The van der Waals surface area contributed by atoms with Crippen LogP contribution in [0.2, 0.25) is 0 Å². The number of methoxy groups -OCH3 is 1. The molecule has 0 N–H and O–H groups in total. The first-order valence-corrected chi connectivity index (χ1v) is 11.1. The van der Waals surface area contributed by atoms with Crippen molar-refractivity contribution >= 4 is 40.3 Å². The second-order valence-electron chi connectivity index (χ2n) is 6.70. The van der Waals surface area contributed by atoms with E-state index in [9.17, 15) is 9.59 Å². The molecule has 2 aromatic heterocycles. The number of hydrogen-bond donors (Lipinski definition) is 0. The van der Waals surface area contributed by atoms with Gasteiger partial charge in [-0.25, -0.2) is 9.80 Å². The molecule has 1 unspecified atom stereocenters. The zero-order valence-electron chi connectivity index (χ0n) is 16.3. The van der Waals surface area contributed by atoms with Crippen LogP contribution in [0.15, 0.2) is 64.4 Å². The smallest absolute Gasteiger partial charge is 0.338 e. The number of esters is 1.